The van der Waals surface area contributed by atoms with Crippen molar-refractivity contribution in [3.05, 3.63) is 34.9 Å². The SMILES string of the molecule is CC(C)CNC(=S)N1CCN(Cc2ccc(Cl)cc2)CC1. The standard InChI is InChI=1S/C16H24ClN3S/c1-13(2)11-18-16(21)20-9-7-19(8-10-20)12-14-3-5-15(17)6-4-14/h3-6,13H,7-12H2,1-2H3,(H,18,21). The lowest BCUT2D eigenvalue weighted by atomic mass is 10.2. The Hall–Kier alpha value is -0.840. The molecule has 0 aromatic heterocycles. The van der Waals surface area contributed by atoms with E-state index in [4.69, 9.17) is 23.8 Å². The molecule has 1 aliphatic heterocycles. The monoisotopic (exact) mass is 325 g/mol. The van der Waals surface area contributed by atoms with E-state index in [-0.39, 0.29) is 0 Å². The summed E-state index contributed by atoms with van der Waals surface area (Å²) in [5.74, 6) is 0.620. The van der Waals surface area contributed by atoms with Crippen LogP contribution in [0.3, 0.4) is 0 Å². The van der Waals surface area contributed by atoms with Crippen LogP contribution in [-0.2, 0) is 6.54 Å². The van der Waals surface area contributed by atoms with E-state index >= 15 is 0 Å². The quantitative estimate of drug-likeness (QED) is 0.857. The molecule has 1 aromatic rings. The molecule has 0 atom stereocenters. The summed E-state index contributed by atoms with van der Waals surface area (Å²) in [7, 11) is 0. The summed E-state index contributed by atoms with van der Waals surface area (Å²) in [6.45, 7) is 10.4. The van der Waals surface area contributed by atoms with E-state index in [1.165, 1.54) is 5.56 Å². The van der Waals surface area contributed by atoms with Crippen molar-refractivity contribution in [1.29, 1.82) is 0 Å². The third kappa shape index (κ3) is 5.46. The summed E-state index contributed by atoms with van der Waals surface area (Å²) in [6, 6.07) is 8.11. The van der Waals surface area contributed by atoms with Crippen LogP contribution in [-0.4, -0.2) is 47.6 Å². The average Bonchev–Trinajstić information content (AvgIpc) is 2.48. The number of rotatable bonds is 4. The van der Waals surface area contributed by atoms with E-state index in [2.05, 4.69) is 41.1 Å². The lowest BCUT2D eigenvalue weighted by Gasteiger charge is -2.36. The van der Waals surface area contributed by atoms with Crippen molar-refractivity contribution in [1.82, 2.24) is 15.1 Å². The van der Waals surface area contributed by atoms with Crippen molar-refractivity contribution in [3.8, 4) is 0 Å². The molecule has 3 nitrogen and oxygen atoms in total. The molecule has 0 spiro atoms. The van der Waals surface area contributed by atoms with Gasteiger partial charge in [-0.1, -0.05) is 37.6 Å². The minimum Gasteiger partial charge on any atom is -0.362 e. The second-order valence-corrected chi connectivity index (χ2v) is 6.79. The molecule has 116 valence electrons. The van der Waals surface area contributed by atoms with Crippen LogP contribution >= 0.6 is 23.8 Å². The first-order valence-electron chi connectivity index (χ1n) is 7.54. The number of nitrogens with zero attached hydrogens (tertiary/aromatic N) is 2. The number of hydrogen-bond donors (Lipinski definition) is 1. The summed E-state index contributed by atoms with van der Waals surface area (Å²) in [6.07, 6.45) is 0. The van der Waals surface area contributed by atoms with Gasteiger partial charge in [0.25, 0.3) is 0 Å². The molecule has 1 heterocycles. The smallest absolute Gasteiger partial charge is 0.169 e. The van der Waals surface area contributed by atoms with E-state index in [1.54, 1.807) is 0 Å². The lowest BCUT2D eigenvalue weighted by molar-refractivity contribution is 0.174. The molecule has 1 aromatic carbocycles. The van der Waals surface area contributed by atoms with Gasteiger partial charge in [0.1, 0.15) is 0 Å². The van der Waals surface area contributed by atoms with Gasteiger partial charge in [0.15, 0.2) is 5.11 Å². The topological polar surface area (TPSA) is 18.5 Å². The van der Waals surface area contributed by atoms with Crippen molar-refractivity contribution in [3.63, 3.8) is 0 Å². The lowest BCUT2D eigenvalue weighted by Crippen LogP contribution is -2.51. The van der Waals surface area contributed by atoms with E-state index in [9.17, 15) is 0 Å². The molecule has 1 N–H and O–H groups in total. The van der Waals surface area contributed by atoms with Gasteiger partial charge in [-0.05, 0) is 35.8 Å². The van der Waals surface area contributed by atoms with Gasteiger partial charge >= 0.3 is 0 Å². The third-order valence-corrected chi connectivity index (χ3v) is 4.29. The highest BCUT2D eigenvalue weighted by molar-refractivity contribution is 7.80. The highest BCUT2D eigenvalue weighted by atomic mass is 35.5. The van der Waals surface area contributed by atoms with Gasteiger partial charge in [0, 0.05) is 44.3 Å². The van der Waals surface area contributed by atoms with Crippen LogP contribution in [0, 0.1) is 5.92 Å². The van der Waals surface area contributed by atoms with Crippen molar-refractivity contribution < 1.29 is 0 Å². The van der Waals surface area contributed by atoms with Crippen molar-refractivity contribution >= 4 is 28.9 Å². The summed E-state index contributed by atoms with van der Waals surface area (Å²) >= 11 is 11.4. The highest BCUT2D eigenvalue weighted by Crippen LogP contribution is 2.13. The Morgan fingerprint density at radius 1 is 1.19 bits per heavy atom. The molecule has 2 rings (SSSR count). The van der Waals surface area contributed by atoms with Crippen LogP contribution in [0.1, 0.15) is 19.4 Å². The van der Waals surface area contributed by atoms with Crippen LogP contribution in [0.2, 0.25) is 5.02 Å². The van der Waals surface area contributed by atoms with Crippen LogP contribution in [0.5, 0.6) is 0 Å². The van der Waals surface area contributed by atoms with E-state index in [1.807, 2.05) is 12.1 Å². The molecule has 5 heteroatoms. The van der Waals surface area contributed by atoms with Crippen LogP contribution in [0.25, 0.3) is 0 Å². The maximum absolute atomic E-state index is 5.92. The van der Waals surface area contributed by atoms with Crippen LogP contribution in [0.15, 0.2) is 24.3 Å². The molecule has 0 aliphatic carbocycles. The number of benzene rings is 1. The molecule has 1 aliphatic rings. The van der Waals surface area contributed by atoms with Crippen molar-refractivity contribution in [2.45, 2.75) is 20.4 Å². The average molecular weight is 326 g/mol. The predicted octanol–water partition coefficient (Wildman–Crippen LogP) is 2.99. The second kappa shape index (κ2) is 7.97. The molecule has 0 bridgehead atoms. The number of piperazine rings is 1. The number of halogens is 1. The Morgan fingerprint density at radius 2 is 1.81 bits per heavy atom. The molecule has 0 unspecified atom stereocenters. The van der Waals surface area contributed by atoms with E-state index < -0.39 is 0 Å². The summed E-state index contributed by atoms with van der Waals surface area (Å²) < 4.78 is 0. The van der Waals surface area contributed by atoms with Crippen molar-refractivity contribution in [2.75, 3.05) is 32.7 Å². The summed E-state index contributed by atoms with van der Waals surface area (Å²) in [4.78, 5) is 4.74. The number of hydrogen-bond acceptors (Lipinski definition) is 2. The first kappa shape index (κ1) is 16.5. The Kier molecular flexibility index (Phi) is 6.27. The zero-order valence-electron chi connectivity index (χ0n) is 12.8. The van der Waals surface area contributed by atoms with Crippen LogP contribution in [0.4, 0.5) is 0 Å². The molecule has 0 amide bonds. The van der Waals surface area contributed by atoms with Gasteiger partial charge in [-0.2, -0.15) is 0 Å². The Balaban J connectivity index is 1.75. The molecule has 21 heavy (non-hydrogen) atoms. The van der Waals surface area contributed by atoms with Crippen LogP contribution < -0.4 is 5.32 Å². The fourth-order valence-electron chi connectivity index (χ4n) is 2.36. The molecular weight excluding hydrogens is 302 g/mol. The predicted molar refractivity (Wildman–Crippen MR) is 93.7 cm³/mol. The maximum atomic E-state index is 5.92. The molecule has 1 fully saturated rings. The molecule has 0 radical (unpaired) electrons. The second-order valence-electron chi connectivity index (χ2n) is 5.97. The molecule has 0 saturated carbocycles. The first-order valence-corrected chi connectivity index (χ1v) is 8.33. The van der Waals surface area contributed by atoms with Gasteiger partial charge in [0.05, 0.1) is 0 Å². The fourth-order valence-corrected chi connectivity index (χ4v) is 2.75. The number of nitrogens with one attached hydrogen (secondary N) is 1. The van der Waals surface area contributed by atoms with Gasteiger partial charge < -0.3 is 10.2 Å². The maximum Gasteiger partial charge on any atom is 0.169 e. The number of thiocarbonyl (C=S) groups is 1. The molecular formula is C16H24ClN3S. The zero-order valence-corrected chi connectivity index (χ0v) is 14.4. The van der Waals surface area contributed by atoms with Gasteiger partial charge in [-0.25, -0.2) is 0 Å². The zero-order chi connectivity index (χ0) is 15.2. The highest BCUT2D eigenvalue weighted by Gasteiger charge is 2.18. The first-order chi connectivity index (χ1) is 10.0. The minimum absolute atomic E-state index is 0.620. The fraction of sp³-hybridized carbons (Fsp3) is 0.562. The van der Waals surface area contributed by atoms with Gasteiger partial charge in [-0.15, -0.1) is 0 Å². The largest absolute Gasteiger partial charge is 0.362 e. The van der Waals surface area contributed by atoms with Crippen molar-refractivity contribution in [2.24, 2.45) is 5.92 Å². The minimum atomic E-state index is 0.620. The Labute approximate surface area is 138 Å². The van der Waals surface area contributed by atoms with E-state index in [0.29, 0.717) is 5.92 Å². The normalized spacial score (nSPS) is 16.3. The van der Waals surface area contributed by atoms with Gasteiger partial charge in [0.2, 0.25) is 0 Å². The Morgan fingerprint density at radius 3 is 2.38 bits per heavy atom. The van der Waals surface area contributed by atoms with E-state index in [0.717, 1.165) is 49.4 Å². The third-order valence-electron chi connectivity index (χ3n) is 3.64. The Bertz CT molecular complexity index is 453. The summed E-state index contributed by atoms with van der Waals surface area (Å²) in [5.41, 5.74) is 1.31. The summed E-state index contributed by atoms with van der Waals surface area (Å²) in [5, 5.41) is 5.04. The molecule has 1 saturated heterocycles. The van der Waals surface area contributed by atoms with Gasteiger partial charge in [-0.3, -0.25) is 4.90 Å².